The lowest BCUT2D eigenvalue weighted by Crippen LogP contribution is -2.49. The monoisotopic (exact) mass is 958 g/mol. The normalized spacial score (nSPS) is 16.5. The molecule has 73 heavy (non-hydrogen) atoms. The maximum absolute atomic E-state index is 2.58. The highest BCUT2D eigenvalue weighted by Gasteiger charge is 2.53. The first kappa shape index (κ1) is 41.5. The molecule has 1 unspecified atom stereocenters. The fourth-order valence-electron chi connectivity index (χ4n) is 15.0. The summed E-state index contributed by atoms with van der Waals surface area (Å²) in [4.78, 5) is 0. The average molecular weight is 959 g/mol. The van der Waals surface area contributed by atoms with Crippen molar-refractivity contribution in [2.45, 2.75) is 31.6 Å². The van der Waals surface area contributed by atoms with E-state index in [2.05, 4.69) is 257 Å². The maximum Gasteiger partial charge on any atom is 0.113 e. The average Bonchev–Trinajstić information content (AvgIpc) is 4.08. The van der Waals surface area contributed by atoms with Crippen LogP contribution in [0, 0.1) is 0 Å². The van der Waals surface area contributed by atoms with E-state index in [0.717, 1.165) is 0 Å². The minimum atomic E-state index is -1.95. The predicted octanol–water partition coefficient (Wildman–Crippen LogP) is 16.1. The molecule has 0 amide bonds. The molecule has 4 aliphatic rings. The molecule has 2 heteroatoms. The Hall–Kier alpha value is -8.15. The predicted molar refractivity (Wildman–Crippen MR) is 316 cm³/mol. The first-order valence-corrected chi connectivity index (χ1v) is 32.1. The highest BCUT2D eigenvalue weighted by atomic mass is 28.3. The second-order valence-electron chi connectivity index (χ2n) is 22.1. The minimum Gasteiger partial charge on any atom is -0.0623 e. The molecule has 0 nitrogen and oxygen atoms in total. The van der Waals surface area contributed by atoms with Crippen LogP contribution in [0.25, 0.3) is 110 Å². The van der Waals surface area contributed by atoms with Crippen LogP contribution in [0.2, 0.25) is 26.2 Å². The van der Waals surface area contributed by atoms with Gasteiger partial charge >= 0.3 is 0 Å². The van der Waals surface area contributed by atoms with E-state index in [4.69, 9.17) is 0 Å². The van der Waals surface area contributed by atoms with Crippen molar-refractivity contribution in [2.75, 3.05) is 0 Å². The van der Waals surface area contributed by atoms with Crippen molar-refractivity contribution in [1.82, 2.24) is 0 Å². The molecule has 12 aromatic carbocycles. The molecular weight excluding hydrogens is 909 g/mol. The number of fused-ring (bicyclic) bond motifs is 20. The van der Waals surface area contributed by atoms with Crippen LogP contribution in [0.4, 0.5) is 0 Å². The lowest BCUT2D eigenvalue weighted by atomic mass is 9.70. The fraction of sp³-hybridized carbons (Fsp3) is 0.0704. The van der Waals surface area contributed by atoms with Crippen molar-refractivity contribution in [2.24, 2.45) is 0 Å². The summed E-state index contributed by atoms with van der Waals surface area (Å²) in [5, 5.41) is 13.9. The zero-order valence-electron chi connectivity index (χ0n) is 41.4. The number of benzene rings is 12. The fourth-order valence-corrected chi connectivity index (χ4v) is 21.2. The summed E-state index contributed by atoms with van der Waals surface area (Å²) in [5.41, 5.74) is 23.8. The smallest absolute Gasteiger partial charge is 0.0623 e. The molecule has 0 N–H and O–H groups in total. The minimum absolute atomic E-state index is 0.488. The van der Waals surface area contributed by atoms with Crippen molar-refractivity contribution < 1.29 is 0 Å². The van der Waals surface area contributed by atoms with E-state index in [1.54, 1.807) is 0 Å². The third-order valence-corrected chi connectivity index (χ3v) is 25.2. The summed E-state index contributed by atoms with van der Waals surface area (Å²) in [5.74, 6) is 0. The number of rotatable bonds is 3. The van der Waals surface area contributed by atoms with Crippen LogP contribution < -0.4 is 20.7 Å². The zero-order valence-corrected chi connectivity index (χ0v) is 43.4. The summed E-state index contributed by atoms with van der Waals surface area (Å²) in [6.07, 6.45) is 0. The molecule has 1 atom stereocenters. The van der Waals surface area contributed by atoms with E-state index in [1.165, 1.54) is 153 Å². The van der Waals surface area contributed by atoms with Crippen LogP contribution >= 0.6 is 0 Å². The summed E-state index contributed by atoms with van der Waals surface area (Å²) < 4.78 is 0. The van der Waals surface area contributed by atoms with E-state index in [1.807, 2.05) is 0 Å². The molecule has 12 aromatic rings. The molecule has 16 rings (SSSR count). The Balaban J connectivity index is 1.05. The summed E-state index contributed by atoms with van der Waals surface area (Å²) in [7, 11) is -3.90. The second kappa shape index (κ2) is 14.5. The van der Waals surface area contributed by atoms with Gasteiger partial charge in [-0.1, -0.05) is 251 Å². The molecule has 0 fully saturated rings. The molecule has 2 heterocycles. The Bertz CT molecular complexity index is 4290. The lowest BCUT2D eigenvalue weighted by molar-refractivity contribution is 0.794. The SMILES string of the molecule is C[Si]1(C)c2ccccc2-c2c(-c3cccc4c(-c5cccc6c5-c5ccccc5C65c6ccccc6-c6c5ccc5ccccc65)c5cccc(-c6cccc7c6-c6ccccc6[Si]7(C)C)c5cc34)cccc21. The molecule has 0 bridgehead atoms. The van der Waals surface area contributed by atoms with Crippen molar-refractivity contribution in [3.63, 3.8) is 0 Å². The van der Waals surface area contributed by atoms with E-state index < -0.39 is 21.6 Å². The van der Waals surface area contributed by atoms with Gasteiger partial charge in [0.15, 0.2) is 0 Å². The van der Waals surface area contributed by atoms with Crippen LogP contribution in [0.5, 0.6) is 0 Å². The highest BCUT2D eigenvalue weighted by Crippen LogP contribution is 2.65. The number of hydrogen-bond donors (Lipinski definition) is 0. The van der Waals surface area contributed by atoms with Gasteiger partial charge in [0, 0.05) is 0 Å². The summed E-state index contributed by atoms with van der Waals surface area (Å²) >= 11 is 0. The van der Waals surface area contributed by atoms with Crippen LogP contribution in [0.3, 0.4) is 0 Å². The van der Waals surface area contributed by atoms with Gasteiger partial charge in [-0.25, -0.2) is 0 Å². The van der Waals surface area contributed by atoms with Crippen molar-refractivity contribution in [1.29, 1.82) is 0 Å². The van der Waals surface area contributed by atoms with Crippen LogP contribution in [0.15, 0.2) is 231 Å². The van der Waals surface area contributed by atoms with Crippen molar-refractivity contribution >= 4 is 69.2 Å². The quantitative estimate of drug-likeness (QED) is 0.122. The van der Waals surface area contributed by atoms with E-state index in [-0.39, 0.29) is 0 Å². The van der Waals surface area contributed by atoms with Crippen LogP contribution in [-0.4, -0.2) is 16.1 Å². The van der Waals surface area contributed by atoms with E-state index in [0.29, 0.717) is 0 Å². The van der Waals surface area contributed by atoms with Gasteiger partial charge in [-0.2, -0.15) is 0 Å². The van der Waals surface area contributed by atoms with Gasteiger partial charge in [-0.15, -0.1) is 0 Å². The Labute approximate surface area is 428 Å². The lowest BCUT2D eigenvalue weighted by Gasteiger charge is -2.30. The molecular formula is C71H50Si2. The van der Waals surface area contributed by atoms with Crippen molar-refractivity contribution in [3.8, 4) is 77.9 Å². The van der Waals surface area contributed by atoms with Gasteiger partial charge in [0.25, 0.3) is 0 Å². The van der Waals surface area contributed by atoms with Gasteiger partial charge in [-0.05, 0) is 159 Å². The van der Waals surface area contributed by atoms with Gasteiger partial charge in [0.05, 0.1) is 5.41 Å². The third kappa shape index (κ3) is 5.15. The molecule has 2 aliphatic heterocycles. The van der Waals surface area contributed by atoms with Gasteiger partial charge in [0.2, 0.25) is 0 Å². The molecule has 0 radical (unpaired) electrons. The molecule has 0 aromatic heterocycles. The standard InChI is InChI=1S/C71H50Si2/c1-72(2)62-36-13-9-24-53(62)69-47(30-18-38-64(69)72)45-26-15-28-49-56(45)42-57-46(48-31-19-39-65-70(48)54-25-10-14-37-63(54)73(65,3)4)27-16-29-50(57)66(49)55-32-17-35-60-68(55)52-23-8-12-34-59(52)71(60)58-33-11-7-22-51(58)67-44-21-6-5-20-43(44)40-41-61(67)71/h5-42H,1-4H3. The van der Waals surface area contributed by atoms with E-state index >= 15 is 0 Å². The molecule has 342 valence electrons. The first-order valence-electron chi connectivity index (χ1n) is 26.1. The van der Waals surface area contributed by atoms with Gasteiger partial charge < -0.3 is 0 Å². The Morgan fingerprint density at radius 2 is 0.630 bits per heavy atom. The van der Waals surface area contributed by atoms with Crippen LogP contribution in [-0.2, 0) is 5.41 Å². The Kier molecular flexibility index (Phi) is 8.24. The topological polar surface area (TPSA) is 0 Å². The van der Waals surface area contributed by atoms with Crippen molar-refractivity contribution in [3.05, 3.63) is 253 Å². The highest BCUT2D eigenvalue weighted by molar-refractivity contribution is 7.04. The van der Waals surface area contributed by atoms with Gasteiger partial charge in [-0.3, -0.25) is 0 Å². The third-order valence-electron chi connectivity index (χ3n) is 18.1. The first-order chi connectivity index (χ1) is 35.8. The molecule has 0 saturated heterocycles. The van der Waals surface area contributed by atoms with Gasteiger partial charge in [0.1, 0.15) is 16.1 Å². The summed E-state index contributed by atoms with van der Waals surface area (Å²) in [6, 6.07) is 89.4. The summed E-state index contributed by atoms with van der Waals surface area (Å²) in [6.45, 7) is 10.1. The zero-order chi connectivity index (χ0) is 48.5. The second-order valence-corrected chi connectivity index (χ2v) is 30.8. The molecule has 0 saturated carbocycles. The van der Waals surface area contributed by atoms with E-state index in [9.17, 15) is 0 Å². The maximum atomic E-state index is 2.58. The Morgan fingerprint density at radius 1 is 0.233 bits per heavy atom. The van der Waals surface area contributed by atoms with Crippen LogP contribution in [0.1, 0.15) is 22.3 Å². The largest absolute Gasteiger partial charge is 0.113 e. The number of hydrogen-bond acceptors (Lipinski definition) is 0. The molecule has 2 aliphatic carbocycles. The molecule has 1 spiro atoms. The Morgan fingerprint density at radius 3 is 1.23 bits per heavy atom.